The number of carbonyl (C=O) groups is 1. The van der Waals surface area contributed by atoms with Crippen molar-refractivity contribution in [1.29, 1.82) is 0 Å². The summed E-state index contributed by atoms with van der Waals surface area (Å²) >= 11 is 0. The first-order valence-corrected chi connectivity index (χ1v) is 6.99. The third-order valence-electron chi connectivity index (χ3n) is 3.48. The fourth-order valence-electron chi connectivity index (χ4n) is 2.31. The molecule has 1 aromatic carbocycles. The molecule has 0 radical (unpaired) electrons. The summed E-state index contributed by atoms with van der Waals surface area (Å²) in [7, 11) is 0. The summed E-state index contributed by atoms with van der Waals surface area (Å²) in [4.78, 5) is 15.0. The van der Waals surface area contributed by atoms with Crippen LogP contribution in [0.2, 0.25) is 0 Å². The number of carboxylic acid groups (broad SMARTS) is 1. The smallest absolute Gasteiger partial charge is 0.419 e. The van der Waals surface area contributed by atoms with Gasteiger partial charge in [0.05, 0.1) is 11.3 Å². The molecular weight excluding hydrogens is 361 g/mol. The molecule has 0 spiro atoms. The number of carboxylic acids is 1. The quantitative estimate of drug-likeness (QED) is 0.711. The highest BCUT2D eigenvalue weighted by molar-refractivity contribution is 5.87. The van der Waals surface area contributed by atoms with Crippen LogP contribution in [-0.2, 0) is 6.18 Å². The van der Waals surface area contributed by atoms with Gasteiger partial charge in [0.15, 0.2) is 17.3 Å². The summed E-state index contributed by atoms with van der Waals surface area (Å²) in [6, 6.07) is 5.14. The second-order valence-corrected chi connectivity index (χ2v) is 5.13. The van der Waals surface area contributed by atoms with Crippen molar-refractivity contribution in [2.24, 2.45) is 0 Å². The van der Waals surface area contributed by atoms with E-state index >= 15 is 0 Å². The van der Waals surface area contributed by atoms with Crippen molar-refractivity contribution in [3.05, 3.63) is 65.6 Å². The molecule has 0 aliphatic rings. The third-order valence-corrected chi connectivity index (χ3v) is 3.48. The Kier molecular flexibility index (Phi) is 4.18. The van der Waals surface area contributed by atoms with Crippen molar-refractivity contribution >= 4 is 5.97 Å². The number of benzene rings is 1. The SMILES string of the molecule is O=C(O)c1cc(-c2cccnc2)n(-c2ccc(C(F)(F)F)c(F)c2F)n1. The summed E-state index contributed by atoms with van der Waals surface area (Å²) in [5, 5.41) is 12.7. The third kappa shape index (κ3) is 3.01. The molecule has 0 fully saturated rings. The molecule has 5 nitrogen and oxygen atoms in total. The number of rotatable bonds is 3. The minimum atomic E-state index is -5.08. The number of pyridine rings is 1. The molecule has 0 saturated heterocycles. The van der Waals surface area contributed by atoms with Crippen LogP contribution < -0.4 is 0 Å². The molecule has 2 heterocycles. The molecule has 0 aliphatic heterocycles. The van der Waals surface area contributed by atoms with Crippen molar-refractivity contribution in [3.63, 3.8) is 0 Å². The predicted molar refractivity (Wildman–Crippen MR) is 78.7 cm³/mol. The lowest BCUT2D eigenvalue weighted by atomic mass is 10.1. The van der Waals surface area contributed by atoms with Crippen LogP contribution in [0.3, 0.4) is 0 Å². The predicted octanol–water partition coefficient (Wildman–Crippen LogP) is 3.93. The van der Waals surface area contributed by atoms with Gasteiger partial charge in [-0.05, 0) is 30.3 Å². The first-order valence-electron chi connectivity index (χ1n) is 6.99. The molecule has 0 amide bonds. The van der Waals surface area contributed by atoms with Gasteiger partial charge in [-0.15, -0.1) is 0 Å². The number of hydrogen-bond acceptors (Lipinski definition) is 3. The Bertz CT molecular complexity index is 984. The summed E-state index contributed by atoms with van der Waals surface area (Å²) in [5.74, 6) is -5.34. The summed E-state index contributed by atoms with van der Waals surface area (Å²) in [6.07, 6.45) is -2.33. The molecular formula is C16H8F5N3O2. The molecule has 3 rings (SSSR count). The molecule has 2 aromatic heterocycles. The zero-order valence-corrected chi connectivity index (χ0v) is 12.6. The van der Waals surface area contributed by atoms with Crippen LogP contribution in [0.5, 0.6) is 0 Å². The van der Waals surface area contributed by atoms with Crippen LogP contribution in [-0.4, -0.2) is 25.8 Å². The van der Waals surface area contributed by atoms with Crippen molar-refractivity contribution in [3.8, 4) is 16.9 Å². The Morgan fingerprint density at radius 2 is 1.85 bits per heavy atom. The summed E-state index contributed by atoms with van der Waals surface area (Å²) in [6.45, 7) is 0. The fraction of sp³-hybridized carbons (Fsp3) is 0.0625. The molecule has 3 aromatic rings. The maximum absolute atomic E-state index is 14.3. The molecule has 0 atom stereocenters. The number of alkyl halides is 3. The van der Waals surface area contributed by atoms with Crippen molar-refractivity contribution in [2.75, 3.05) is 0 Å². The van der Waals surface area contributed by atoms with E-state index in [0.29, 0.717) is 17.7 Å². The number of nitrogens with zero attached hydrogens (tertiary/aromatic N) is 3. The van der Waals surface area contributed by atoms with E-state index in [0.717, 1.165) is 10.7 Å². The molecule has 134 valence electrons. The van der Waals surface area contributed by atoms with Crippen molar-refractivity contribution < 1.29 is 31.9 Å². The minimum Gasteiger partial charge on any atom is -0.476 e. The Balaban J connectivity index is 2.24. The highest BCUT2D eigenvalue weighted by Crippen LogP contribution is 2.34. The lowest BCUT2D eigenvalue weighted by Gasteiger charge is -2.13. The Morgan fingerprint density at radius 3 is 2.42 bits per heavy atom. The lowest BCUT2D eigenvalue weighted by molar-refractivity contribution is -0.140. The van der Waals surface area contributed by atoms with Gasteiger partial charge in [-0.25, -0.2) is 18.3 Å². The van der Waals surface area contributed by atoms with Crippen LogP contribution >= 0.6 is 0 Å². The summed E-state index contributed by atoms with van der Waals surface area (Å²) in [5.41, 5.74) is -2.60. The van der Waals surface area contributed by atoms with E-state index < -0.39 is 40.7 Å². The van der Waals surface area contributed by atoms with Crippen LogP contribution in [0.4, 0.5) is 22.0 Å². The molecule has 0 saturated carbocycles. The Morgan fingerprint density at radius 1 is 1.12 bits per heavy atom. The van der Waals surface area contributed by atoms with E-state index in [1.54, 1.807) is 0 Å². The van der Waals surface area contributed by atoms with Gasteiger partial charge in [-0.1, -0.05) is 0 Å². The van der Waals surface area contributed by atoms with Gasteiger partial charge in [0.1, 0.15) is 5.69 Å². The second kappa shape index (κ2) is 6.21. The van der Waals surface area contributed by atoms with Gasteiger partial charge in [0.2, 0.25) is 0 Å². The van der Waals surface area contributed by atoms with Gasteiger partial charge in [0.25, 0.3) is 0 Å². The largest absolute Gasteiger partial charge is 0.476 e. The van der Waals surface area contributed by atoms with Gasteiger partial charge in [-0.2, -0.15) is 18.3 Å². The zero-order chi connectivity index (χ0) is 19.1. The van der Waals surface area contributed by atoms with E-state index in [1.165, 1.54) is 24.5 Å². The summed E-state index contributed by atoms with van der Waals surface area (Å²) < 4.78 is 67.0. The number of aromatic carboxylic acids is 1. The van der Waals surface area contributed by atoms with E-state index in [4.69, 9.17) is 5.11 Å². The number of halogens is 5. The first kappa shape index (κ1) is 17.5. The molecule has 26 heavy (non-hydrogen) atoms. The maximum atomic E-state index is 14.3. The Labute approximate surface area is 142 Å². The molecule has 0 unspecified atom stereocenters. The topological polar surface area (TPSA) is 68.0 Å². The van der Waals surface area contributed by atoms with Crippen LogP contribution in [0.25, 0.3) is 16.9 Å². The van der Waals surface area contributed by atoms with E-state index in [-0.39, 0.29) is 5.69 Å². The van der Waals surface area contributed by atoms with Crippen LogP contribution in [0.15, 0.2) is 42.7 Å². The molecule has 10 heteroatoms. The fourth-order valence-corrected chi connectivity index (χ4v) is 2.31. The van der Waals surface area contributed by atoms with E-state index in [2.05, 4.69) is 10.1 Å². The number of hydrogen-bond donors (Lipinski definition) is 1. The van der Waals surface area contributed by atoms with Crippen LogP contribution in [0.1, 0.15) is 16.1 Å². The normalized spacial score (nSPS) is 11.6. The first-order chi connectivity index (χ1) is 12.2. The van der Waals surface area contributed by atoms with Crippen molar-refractivity contribution in [1.82, 2.24) is 14.8 Å². The minimum absolute atomic E-state index is 0.0218. The van der Waals surface area contributed by atoms with Gasteiger partial charge < -0.3 is 5.11 Å². The van der Waals surface area contributed by atoms with E-state index in [1.807, 2.05) is 0 Å². The second-order valence-electron chi connectivity index (χ2n) is 5.13. The Hall–Kier alpha value is -3.30. The maximum Gasteiger partial charge on any atom is 0.419 e. The van der Waals surface area contributed by atoms with Gasteiger partial charge in [-0.3, -0.25) is 4.98 Å². The van der Waals surface area contributed by atoms with Gasteiger partial charge in [0, 0.05) is 18.0 Å². The highest BCUT2D eigenvalue weighted by atomic mass is 19.4. The molecule has 1 N–H and O–H groups in total. The molecule has 0 aliphatic carbocycles. The average molecular weight is 369 g/mol. The standard InChI is InChI=1S/C16H8F5N3O2/c17-13-9(16(19,20)21)3-4-11(14(13)18)24-12(6-10(23-24)15(25)26)8-2-1-5-22-7-8/h1-7H,(H,25,26). The lowest BCUT2D eigenvalue weighted by Crippen LogP contribution is -2.12. The highest BCUT2D eigenvalue weighted by Gasteiger charge is 2.36. The van der Waals surface area contributed by atoms with Crippen LogP contribution in [0, 0.1) is 11.6 Å². The average Bonchev–Trinajstić information content (AvgIpc) is 3.02. The molecule has 0 bridgehead atoms. The van der Waals surface area contributed by atoms with Crippen molar-refractivity contribution in [2.45, 2.75) is 6.18 Å². The van der Waals surface area contributed by atoms with E-state index in [9.17, 15) is 26.7 Å². The number of aromatic nitrogens is 3. The monoisotopic (exact) mass is 369 g/mol. The van der Waals surface area contributed by atoms with Gasteiger partial charge >= 0.3 is 12.1 Å². The zero-order valence-electron chi connectivity index (χ0n) is 12.6.